The maximum absolute atomic E-state index is 11.3. The number of nitrogen functional groups attached to an aromatic ring is 1. The Bertz CT molecular complexity index is 417. The molecule has 3 N–H and O–H groups in total. The minimum atomic E-state index is -0.00474. The Morgan fingerprint density at radius 1 is 1.37 bits per heavy atom. The first-order valence-electron chi connectivity index (χ1n) is 6.76. The van der Waals surface area contributed by atoms with Crippen molar-refractivity contribution in [2.24, 2.45) is 0 Å². The first-order chi connectivity index (χ1) is 9.00. The van der Waals surface area contributed by atoms with Crippen LogP contribution < -0.4 is 11.1 Å². The van der Waals surface area contributed by atoms with Gasteiger partial charge in [-0.1, -0.05) is 0 Å². The Balaban J connectivity index is 2.30. The lowest BCUT2D eigenvalue weighted by Gasteiger charge is -2.10. The van der Waals surface area contributed by atoms with Crippen LogP contribution >= 0.6 is 0 Å². The first-order valence-corrected chi connectivity index (χ1v) is 6.76. The Morgan fingerprint density at radius 3 is 2.68 bits per heavy atom. The van der Waals surface area contributed by atoms with Crippen LogP contribution in [-0.2, 0) is 4.74 Å². The van der Waals surface area contributed by atoms with E-state index in [0.717, 1.165) is 31.7 Å². The molecule has 4 heteroatoms. The molecule has 0 fully saturated rings. The van der Waals surface area contributed by atoms with Crippen molar-refractivity contribution in [2.45, 2.75) is 39.7 Å². The van der Waals surface area contributed by atoms with Crippen molar-refractivity contribution in [3.63, 3.8) is 0 Å². The van der Waals surface area contributed by atoms with Gasteiger partial charge in [0.1, 0.15) is 0 Å². The predicted octanol–water partition coefficient (Wildman–Crippen LogP) is 3.09. The fourth-order valence-electron chi connectivity index (χ4n) is 1.77. The van der Waals surface area contributed by atoms with E-state index in [1.807, 2.05) is 19.9 Å². The van der Waals surface area contributed by atoms with Crippen LogP contribution in [0, 0.1) is 0 Å². The third-order valence-electron chi connectivity index (χ3n) is 2.78. The largest absolute Gasteiger partial charge is 0.398 e. The lowest BCUT2D eigenvalue weighted by atomic mass is 10.1. The molecule has 0 spiro atoms. The standard InChI is InChI=1S/C15H24N2O2/c1-11(2)19-9-5-4-8-17-13-6-7-14(12(3)18)15(16)10-13/h6-7,10-11,17H,4-5,8-9,16H2,1-3H3. The fraction of sp³-hybridized carbons (Fsp3) is 0.533. The maximum Gasteiger partial charge on any atom is 0.161 e. The van der Waals surface area contributed by atoms with Crippen LogP contribution in [-0.4, -0.2) is 25.0 Å². The number of benzene rings is 1. The highest BCUT2D eigenvalue weighted by molar-refractivity contribution is 5.99. The SMILES string of the molecule is CC(=O)c1ccc(NCCCCOC(C)C)cc1N. The molecule has 19 heavy (non-hydrogen) atoms. The summed E-state index contributed by atoms with van der Waals surface area (Å²) in [6.45, 7) is 7.27. The Hall–Kier alpha value is -1.55. The van der Waals surface area contributed by atoms with Crippen LogP contribution in [0.3, 0.4) is 0 Å². The molecule has 4 nitrogen and oxygen atoms in total. The molecule has 1 aromatic rings. The van der Waals surface area contributed by atoms with Crippen LogP contribution in [0.15, 0.2) is 18.2 Å². The number of unbranched alkanes of at least 4 members (excludes halogenated alkanes) is 1. The van der Waals surface area contributed by atoms with Crippen LogP contribution in [0.5, 0.6) is 0 Å². The molecule has 0 radical (unpaired) electrons. The average molecular weight is 264 g/mol. The molecule has 0 aliphatic carbocycles. The van der Waals surface area contributed by atoms with Gasteiger partial charge < -0.3 is 15.8 Å². The molecular formula is C15H24N2O2. The van der Waals surface area contributed by atoms with Crippen LogP contribution in [0.4, 0.5) is 11.4 Å². The minimum absolute atomic E-state index is 0.00474. The third-order valence-corrected chi connectivity index (χ3v) is 2.78. The maximum atomic E-state index is 11.3. The van der Waals surface area contributed by atoms with E-state index < -0.39 is 0 Å². The number of hydrogen-bond donors (Lipinski definition) is 2. The summed E-state index contributed by atoms with van der Waals surface area (Å²) < 4.78 is 5.47. The summed E-state index contributed by atoms with van der Waals surface area (Å²) in [6.07, 6.45) is 2.37. The summed E-state index contributed by atoms with van der Waals surface area (Å²) in [7, 11) is 0. The van der Waals surface area contributed by atoms with E-state index in [0.29, 0.717) is 17.4 Å². The second-order valence-electron chi connectivity index (χ2n) is 4.91. The summed E-state index contributed by atoms with van der Waals surface area (Å²) in [5.41, 5.74) is 7.89. The monoisotopic (exact) mass is 264 g/mol. The number of hydrogen-bond acceptors (Lipinski definition) is 4. The molecule has 1 aromatic carbocycles. The lowest BCUT2D eigenvalue weighted by Crippen LogP contribution is -2.07. The van der Waals surface area contributed by atoms with Crippen molar-refractivity contribution < 1.29 is 9.53 Å². The highest BCUT2D eigenvalue weighted by Crippen LogP contribution is 2.18. The molecule has 0 bridgehead atoms. The predicted molar refractivity (Wildman–Crippen MR) is 79.7 cm³/mol. The molecule has 1 rings (SSSR count). The molecule has 0 aliphatic heterocycles. The summed E-state index contributed by atoms with van der Waals surface area (Å²) in [5, 5.41) is 3.29. The zero-order valence-electron chi connectivity index (χ0n) is 12.0. The number of anilines is 2. The number of ether oxygens (including phenoxy) is 1. The molecule has 0 unspecified atom stereocenters. The Morgan fingerprint density at radius 2 is 2.11 bits per heavy atom. The fourth-order valence-corrected chi connectivity index (χ4v) is 1.77. The smallest absolute Gasteiger partial charge is 0.161 e. The van der Waals surface area contributed by atoms with Crippen LogP contribution in [0.25, 0.3) is 0 Å². The van der Waals surface area contributed by atoms with Crippen molar-refractivity contribution in [3.05, 3.63) is 23.8 Å². The van der Waals surface area contributed by atoms with Crippen molar-refractivity contribution in [3.8, 4) is 0 Å². The van der Waals surface area contributed by atoms with Gasteiger partial charge in [-0.3, -0.25) is 4.79 Å². The molecule has 0 heterocycles. The zero-order valence-corrected chi connectivity index (χ0v) is 12.0. The average Bonchev–Trinajstić information content (AvgIpc) is 2.32. The number of rotatable bonds is 8. The van der Waals surface area contributed by atoms with Gasteiger partial charge >= 0.3 is 0 Å². The van der Waals surface area contributed by atoms with Gasteiger partial charge in [0.15, 0.2) is 5.78 Å². The van der Waals surface area contributed by atoms with E-state index in [4.69, 9.17) is 10.5 Å². The molecule has 0 amide bonds. The molecule has 0 saturated carbocycles. The zero-order chi connectivity index (χ0) is 14.3. The van der Waals surface area contributed by atoms with Gasteiger partial charge in [0.2, 0.25) is 0 Å². The van der Waals surface area contributed by atoms with Gasteiger partial charge in [-0.05, 0) is 51.8 Å². The van der Waals surface area contributed by atoms with Crippen LogP contribution in [0.2, 0.25) is 0 Å². The third kappa shape index (κ3) is 5.75. The van der Waals surface area contributed by atoms with E-state index in [1.165, 1.54) is 6.92 Å². The van der Waals surface area contributed by atoms with Gasteiger partial charge in [0, 0.05) is 30.1 Å². The molecule has 0 atom stereocenters. The van der Waals surface area contributed by atoms with Crippen LogP contribution in [0.1, 0.15) is 44.0 Å². The highest BCUT2D eigenvalue weighted by atomic mass is 16.5. The van der Waals surface area contributed by atoms with Gasteiger partial charge in [-0.2, -0.15) is 0 Å². The van der Waals surface area contributed by atoms with Crippen molar-refractivity contribution >= 4 is 17.2 Å². The van der Waals surface area contributed by atoms with Gasteiger partial charge in [-0.25, -0.2) is 0 Å². The lowest BCUT2D eigenvalue weighted by molar-refractivity contribution is 0.0765. The number of carbonyl (C=O) groups is 1. The van der Waals surface area contributed by atoms with E-state index in [-0.39, 0.29) is 5.78 Å². The molecule has 0 aromatic heterocycles. The number of nitrogens with one attached hydrogen (secondary N) is 1. The Kier molecular flexibility index (Phi) is 6.36. The second-order valence-corrected chi connectivity index (χ2v) is 4.91. The quantitative estimate of drug-likeness (QED) is 0.430. The summed E-state index contributed by atoms with van der Waals surface area (Å²) in [5.74, 6) is -0.00474. The van der Waals surface area contributed by atoms with Crippen molar-refractivity contribution in [1.82, 2.24) is 0 Å². The Labute approximate surface area is 115 Å². The molecular weight excluding hydrogens is 240 g/mol. The molecule has 0 saturated heterocycles. The van der Waals surface area contributed by atoms with Crippen molar-refractivity contribution in [2.75, 3.05) is 24.2 Å². The first kappa shape index (κ1) is 15.5. The summed E-state index contributed by atoms with van der Waals surface area (Å²) in [6, 6.07) is 5.46. The molecule has 0 aliphatic rings. The van der Waals surface area contributed by atoms with E-state index in [9.17, 15) is 4.79 Å². The topological polar surface area (TPSA) is 64.3 Å². The number of Topliss-reactive ketones (excluding diaryl/α,β-unsaturated/α-hetero) is 1. The molecule has 106 valence electrons. The van der Waals surface area contributed by atoms with Crippen molar-refractivity contribution in [1.29, 1.82) is 0 Å². The number of nitrogens with two attached hydrogens (primary N) is 1. The number of carbonyl (C=O) groups excluding carboxylic acids is 1. The van der Waals surface area contributed by atoms with E-state index in [2.05, 4.69) is 5.32 Å². The highest BCUT2D eigenvalue weighted by Gasteiger charge is 2.04. The van der Waals surface area contributed by atoms with E-state index in [1.54, 1.807) is 12.1 Å². The summed E-state index contributed by atoms with van der Waals surface area (Å²) >= 11 is 0. The normalized spacial score (nSPS) is 10.7. The van der Waals surface area contributed by atoms with Gasteiger partial charge in [0.05, 0.1) is 6.10 Å². The second kappa shape index (κ2) is 7.79. The van der Waals surface area contributed by atoms with Gasteiger partial charge in [-0.15, -0.1) is 0 Å². The summed E-state index contributed by atoms with van der Waals surface area (Å²) in [4.78, 5) is 11.3. The minimum Gasteiger partial charge on any atom is -0.398 e. The van der Waals surface area contributed by atoms with Gasteiger partial charge in [0.25, 0.3) is 0 Å². The van der Waals surface area contributed by atoms with E-state index >= 15 is 0 Å². The number of ketones is 1.